The van der Waals surface area contributed by atoms with Crippen molar-refractivity contribution in [1.29, 1.82) is 0 Å². The number of carbonyl (C=O) groups excluding carboxylic acids is 1. The lowest BCUT2D eigenvalue weighted by molar-refractivity contribution is 0.0953. The van der Waals surface area contributed by atoms with Gasteiger partial charge >= 0.3 is 0 Å². The van der Waals surface area contributed by atoms with Crippen LogP contribution in [0.25, 0.3) is 5.65 Å². The van der Waals surface area contributed by atoms with Gasteiger partial charge in [-0.05, 0) is 30.2 Å². The van der Waals surface area contributed by atoms with Gasteiger partial charge in [-0.25, -0.2) is 9.37 Å². The van der Waals surface area contributed by atoms with E-state index >= 15 is 0 Å². The normalized spacial score (nSPS) is 12.1. The van der Waals surface area contributed by atoms with Gasteiger partial charge in [-0.15, -0.1) is 0 Å². The second-order valence-corrected chi connectivity index (χ2v) is 7.91. The summed E-state index contributed by atoms with van der Waals surface area (Å²) in [5.74, 6) is -0.564. The Morgan fingerprint density at radius 2 is 1.85 bits per heavy atom. The summed E-state index contributed by atoms with van der Waals surface area (Å²) in [4.78, 5) is 17.8. The number of fused-ring (bicyclic) bond motifs is 1. The van der Waals surface area contributed by atoms with Crippen molar-refractivity contribution in [2.75, 3.05) is 6.61 Å². The third-order valence-corrected chi connectivity index (χ3v) is 5.63. The first kappa shape index (κ1) is 22.6. The van der Waals surface area contributed by atoms with Crippen molar-refractivity contribution < 1.29 is 24.1 Å². The minimum Gasteiger partial charge on any atom is -0.485 e. The summed E-state index contributed by atoms with van der Waals surface area (Å²) in [5.41, 5.74) is 3.08. The molecule has 6 nitrogen and oxygen atoms in total. The van der Waals surface area contributed by atoms with E-state index in [-0.39, 0.29) is 43.8 Å². The summed E-state index contributed by atoms with van der Waals surface area (Å²) in [6.07, 6.45) is 1.75. The number of aryl methyl sites for hydroxylation is 1. The van der Waals surface area contributed by atoms with E-state index in [0.717, 1.165) is 5.56 Å². The third kappa shape index (κ3) is 4.79. The number of aliphatic hydroxyl groups is 2. The number of aliphatic hydroxyl groups excluding tert-OH is 2. The molecule has 4 aromatic rings. The van der Waals surface area contributed by atoms with Gasteiger partial charge in [0.25, 0.3) is 0 Å². The van der Waals surface area contributed by atoms with E-state index in [9.17, 15) is 19.4 Å². The molecule has 170 valence electrons. The van der Waals surface area contributed by atoms with Crippen molar-refractivity contribution in [3.8, 4) is 5.75 Å². The minimum absolute atomic E-state index is 0.0208. The number of pyridine rings is 1. The zero-order valence-corrected chi connectivity index (χ0v) is 18.2. The molecule has 0 aliphatic heterocycles. The maximum atomic E-state index is 14.0. The molecule has 0 spiro atoms. The first-order chi connectivity index (χ1) is 16.0. The van der Waals surface area contributed by atoms with Gasteiger partial charge in [-0.1, -0.05) is 48.5 Å². The number of aromatic nitrogens is 2. The maximum absolute atomic E-state index is 14.0. The van der Waals surface area contributed by atoms with Gasteiger partial charge < -0.3 is 14.9 Å². The molecule has 0 aliphatic carbocycles. The molecule has 0 saturated carbocycles. The first-order valence-electron chi connectivity index (χ1n) is 10.7. The smallest absolute Gasteiger partial charge is 0.182 e. The molecular formula is C26H25FN2O4. The highest BCUT2D eigenvalue weighted by Crippen LogP contribution is 2.28. The fourth-order valence-corrected chi connectivity index (χ4v) is 3.91. The summed E-state index contributed by atoms with van der Waals surface area (Å²) >= 11 is 0. The molecule has 0 fully saturated rings. The van der Waals surface area contributed by atoms with Gasteiger partial charge in [-0.2, -0.15) is 0 Å². The van der Waals surface area contributed by atoms with E-state index in [0.29, 0.717) is 33.9 Å². The van der Waals surface area contributed by atoms with E-state index in [1.54, 1.807) is 41.8 Å². The number of carbonyl (C=O) groups is 1. The van der Waals surface area contributed by atoms with Gasteiger partial charge in [0.05, 0.1) is 18.9 Å². The molecule has 2 aromatic heterocycles. The zero-order chi connectivity index (χ0) is 23.4. The number of nitrogens with zero attached hydrogens (tertiary/aromatic N) is 2. The van der Waals surface area contributed by atoms with Gasteiger partial charge in [0.15, 0.2) is 17.2 Å². The topological polar surface area (TPSA) is 84.1 Å². The van der Waals surface area contributed by atoms with Crippen molar-refractivity contribution in [2.45, 2.75) is 32.5 Å². The SMILES string of the molecule is Cc1nc2c(OCc3ccccc3F)cc(CO)cn2c1C(=O)C[C@@H](CO)c1ccccc1. The highest BCUT2D eigenvalue weighted by molar-refractivity contribution is 5.97. The minimum atomic E-state index is -0.377. The molecular weight excluding hydrogens is 423 g/mol. The zero-order valence-electron chi connectivity index (χ0n) is 18.2. The summed E-state index contributed by atoms with van der Waals surface area (Å²) in [6, 6.07) is 17.3. The molecule has 1 atom stereocenters. The maximum Gasteiger partial charge on any atom is 0.182 e. The van der Waals surface area contributed by atoms with Crippen molar-refractivity contribution in [3.05, 3.63) is 101 Å². The van der Waals surface area contributed by atoms with Crippen molar-refractivity contribution in [2.24, 2.45) is 0 Å². The van der Waals surface area contributed by atoms with Crippen LogP contribution in [0.15, 0.2) is 66.9 Å². The van der Waals surface area contributed by atoms with E-state index in [1.165, 1.54) is 6.07 Å². The van der Waals surface area contributed by atoms with Crippen molar-refractivity contribution in [3.63, 3.8) is 0 Å². The molecule has 0 bridgehead atoms. The lowest BCUT2D eigenvalue weighted by atomic mass is 9.93. The standard InChI is InChI=1S/C26H25FN2O4/c1-17-25(23(32)12-21(15-31)19-7-3-2-4-8-19)29-13-18(14-30)11-24(26(29)28-17)33-16-20-9-5-6-10-22(20)27/h2-11,13,21,30-31H,12,14-16H2,1H3/t21-/m0/s1. The fraction of sp³-hybridized carbons (Fsp3) is 0.231. The third-order valence-electron chi connectivity index (χ3n) is 5.63. The highest BCUT2D eigenvalue weighted by atomic mass is 19.1. The van der Waals surface area contributed by atoms with Crippen LogP contribution in [0.2, 0.25) is 0 Å². The Balaban J connectivity index is 1.68. The highest BCUT2D eigenvalue weighted by Gasteiger charge is 2.23. The molecule has 0 amide bonds. The van der Waals surface area contributed by atoms with Crippen molar-refractivity contribution >= 4 is 11.4 Å². The molecule has 2 N–H and O–H groups in total. The molecule has 0 saturated heterocycles. The monoisotopic (exact) mass is 448 g/mol. The van der Waals surface area contributed by atoms with Crippen LogP contribution >= 0.6 is 0 Å². The number of imidazole rings is 1. The van der Waals surface area contributed by atoms with E-state index in [2.05, 4.69) is 4.98 Å². The van der Waals surface area contributed by atoms with Crippen LogP contribution in [0.3, 0.4) is 0 Å². The van der Waals surface area contributed by atoms with Gasteiger partial charge in [0.1, 0.15) is 18.1 Å². The molecule has 4 rings (SSSR count). The molecule has 0 aliphatic rings. The summed E-state index contributed by atoms with van der Waals surface area (Å²) in [5, 5.41) is 19.6. The quantitative estimate of drug-likeness (QED) is 0.375. The first-order valence-corrected chi connectivity index (χ1v) is 10.7. The number of Topliss-reactive ketones (excluding diaryl/α,β-unsaturated/α-hetero) is 1. The van der Waals surface area contributed by atoms with Crippen LogP contribution < -0.4 is 4.74 Å². The Morgan fingerprint density at radius 1 is 1.12 bits per heavy atom. The Labute approximate surface area is 190 Å². The van der Waals surface area contributed by atoms with Gasteiger partial charge in [-0.3, -0.25) is 9.20 Å². The van der Waals surface area contributed by atoms with Gasteiger partial charge in [0.2, 0.25) is 0 Å². The van der Waals surface area contributed by atoms with Crippen LogP contribution in [0.5, 0.6) is 5.75 Å². The number of benzene rings is 2. The molecule has 7 heteroatoms. The number of hydrogen-bond acceptors (Lipinski definition) is 5. The number of rotatable bonds is 9. The second kappa shape index (κ2) is 9.94. The number of halogens is 1. The molecule has 0 radical (unpaired) electrons. The van der Waals surface area contributed by atoms with E-state index < -0.39 is 0 Å². The number of ether oxygens (including phenoxy) is 1. The number of ketones is 1. The van der Waals surface area contributed by atoms with Crippen molar-refractivity contribution in [1.82, 2.24) is 9.38 Å². The second-order valence-electron chi connectivity index (χ2n) is 7.91. The van der Waals surface area contributed by atoms with Crippen LogP contribution in [-0.2, 0) is 13.2 Å². The lowest BCUT2D eigenvalue weighted by Gasteiger charge is -2.14. The number of hydrogen-bond donors (Lipinski definition) is 2. The van der Waals surface area contributed by atoms with E-state index in [1.807, 2.05) is 30.3 Å². The van der Waals surface area contributed by atoms with Crippen LogP contribution in [0.1, 0.15) is 45.2 Å². The van der Waals surface area contributed by atoms with Crippen LogP contribution in [0, 0.1) is 12.7 Å². The van der Waals surface area contributed by atoms with Crippen LogP contribution in [0.4, 0.5) is 4.39 Å². The average molecular weight is 448 g/mol. The Morgan fingerprint density at radius 3 is 2.55 bits per heavy atom. The Kier molecular flexibility index (Phi) is 6.82. The lowest BCUT2D eigenvalue weighted by Crippen LogP contribution is -2.14. The fourth-order valence-electron chi connectivity index (χ4n) is 3.91. The van der Waals surface area contributed by atoms with Gasteiger partial charge in [0, 0.05) is 24.1 Å². The van der Waals surface area contributed by atoms with Crippen LogP contribution in [-0.4, -0.2) is 32.0 Å². The predicted octanol–water partition coefficient (Wildman–Crippen LogP) is 4.20. The summed E-state index contributed by atoms with van der Waals surface area (Å²) in [6.45, 7) is 1.29. The molecule has 0 unspecified atom stereocenters. The molecule has 2 heterocycles. The predicted molar refractivity (Wildman–Crippen MR) is 122 cm³/mol. The summed E-state index contributed by atoms with van der Waals surface area (Å²) < 4.78 is 21.5. The molecule has 33 heavy (non-hydrogen) atoms. The Hall–Kier alpha value is -3.55. The average Bonchev–Trinajstić information content (AvgIpc) is 3.18. The van der Waals surface area contributed by atoms with E-state index in [4.69, 9.17) is 4.74 Å². The Bertz CT molecular complexity index is 1270. The largest absolute Gasteiger partial charge is 0.485 e. The molecule has 2 aromatic carbocycles. The summed E-state index contributed by atoms with van der Waals surface area (Å²) in [7, 11) is 0.